The number of aromatic nitrogens is 2. The first-order chi connectivity index (χ1) is 15.6. The molecule has 1 N–H and O–H groups in total. The van der Waals surface area contributed by atoms with Crippen molar-refractivity contribution < 1.29 is 23.9 Å². The number of fused-ring (bicyclic) bond motifs is 1. The summed E-state index contributed by atoms with van der Waals surface area (Å²) in [6.07, 6.45) is 3.45. The van der Waals surface area contributed by atoms with Crippen LogP contribution >= 0.6 is 11.3 Å². The summed E-state index contributed by atoms with van der Waals surface area (Å²) in [5.74, 6) is 0.676. The number of nitrogens with zero attached hydrogens (tertiary/aromatic N) is 4. The average molecular weight is 458 g/mol. The summed E-state index contributed by atoms with van der Waals surface area (Å²) >= 11 is 0.958. The highest BCUT2D eigenvalue weighted by Gasteiger charge is 2.32. The maximum Gasteiger partial charge on any atom is 0.286 e. The molecule has 0 aliphatic carbocycles. The van der Waals surface area contributed by atoms with E-state index >= 15 is 0 Å². The Labute approximate surface area is 188 Å². The van der Waals surface area contributed by atoms with Crippen LogP contribution in [-0.2, 0) is 4.79 Å². The molecule has 168 valence electrons. The lowest BCUT2D eigenvalue weighted by Crippen LogP contribution is -2.43. The molecule has 0 unspecified atom stereocenters. The minimum atomic E-state index is -0.449. The van der Waals surface area contributed by atoms with Crippen LogP contribution in [0.1, 0.15) is 45.3 Å². The van der Waals surface area contributed by atoms with Crippen LogP contribution in [0.15, 0.2) is 18.2 Å². The Balaban J connectivity index is 1.17. The van der Waals surface area contributed by atoms with Gasteiger partial charge in [0, 0.05) is 43.9 Å². The van der Waals surface area contributed by atoms with Gasteiger partial charge >= 0.3 is 0 Å². The van der Waals surface area contributed by atoms with E-state index in [0.717, 1.165) is 37.3 Å². The van der Waals surface area contributed by atoms with Gasteiger partial charge in [0.2, 0.25) is 22.7 Å². The van der Waals surface area contributed by atoms with E-state index in [1.807, 2.05) is 4.90 Å². The number of carbonyl (C=O) groups excluding carboxylic acids is 3. The van der Waals surface area contributed by atoms with Crippen molar-refractivity contribution >= 4 is 34.7 Å². The normalized spacial score (nSPS) is 18.1. The van der Waals surface area contributed by atoms with Crippen molar-refractivity contribution in [2.45, 2.75) is 25.7 Å². The van der Waals surface area contributed by atoms with E-state index in [-0.39, 0.29) is 34.5 Å². The lowest BCUT2D eigenvalue weighted by Gasteiger charge is -2.32. The second-order valence-corrected chi connectivity index (χ2v) is 9.01. The number of anilines is 1. The topological polar surface area (TPSA) is 114 Å². The van der Waals surface area contributed by atoms with Crippen molar-refractivity contribution in [3.05, 3.63) is 28.2 Å². The first kappa shape index (κ1) is 20.7. The van der Waals surface area contributed by atoms with Crippen molar-refractivity contribution in [3.63, 3.8) is 0 Å². The second kappa shape index (κ2) is 8.73. The number of piperidine rings is 1. The Bertz CT molecular complexity index is 1040. The standard InChI is InChI=1S/C21H23N5O5S/c27-17(22-14-3-4-15-16(11-14)31-12-30-15)18-23-24-19(32-18)21(29)26-9-5-13(6-10-26)20(28)25-7-1-2-8-25/h3-4,11,13H,1-2,5-10,12H2,(H,22,27). The van der Waals surface area contributed by atoms with E-state index in [4.69, 9.17) is 9.47 Å². The second-order valence-electron chi connectivity index (χ2n) is 8.03. The van der Waals surface area contributed by atoms with E-state index in [2.05, 4.69) is 15.5 Å². The number of ether oxygens (including phenoxy) is 2. The lowest BCUT2D eigenvalue weighted by molar-refractivity contribution is -0.135. The van der Waals surface area contributed by atoms with Crippen LogP contribution in [-0.4, -0.2) is 70.7 Å². The van der Waals surface area contributed by atoms with Crippen molar-refractivity contribution in [2.24, 2.45) is 5.92 Å². The van der Waals surface area contributed by atoms with Crippen molar-refractivity contribution in [3.8, 4) is 11.5 Å². The monoisotopic (exact) mass is 457 g/mol. The third kappa shape index (κ3) is 4.12. The van der Waals surface area contributed by atoms with E-state index in [9.17, 15) is 14.4 Å². The molecular weight excluding hydrogens is 434 g/mol. The van der Waals surface area contributed by atoms with Gasteiger partial charge < -0.3 is 24.6 Å². The summed E-state index contributed by atoms with van der Waals surface area (Å²) < 4.78 is 10.6. The molecule has 0 bridgehead atoms. The maximum absolute atomic E-state index is 12.8. The predicted octanol–water partition coefficient (Wildman–Crippen LogP) is 1.99. The van der Waals surface area contributed by atoms with Gasteiger partial charge in [-0.2, -0.15) is 0 Å². The van der Waals surface area contributed by atoms with E-state index in [0.29, 0.717) is 43.1 Å². The van der Waals surface area contributed by atoms with Gasteiger partial charge in [-0.3, -0.25) is 14.4 Å². The Hall–Kier alpha value is -3.21. The van der Waals surface area contributed by atoms with Crippen LogP contribution < -0.4 is 14.8 Å². The molecule has 0 atom stereocenters. The molecule has 2 fully saturated rings. The van der Waals surface area contributed by atoms with Crippen LogP contribution in [0.5, 0.6) is 11.5 Å². The Morgan fingerprint density at radius 1 is 0.938 bits per heavy atom. The van der Waals surface area contributed by atoms with Crippen LogP contribution in [0.25, 0.3) is 0 Å². The van der Waals surface area contributed by atoms with Gasteiger partial charge in [-0.15, -0.1) is 10.2 Å². The van der Waals surface area contributed by atoms with Crippen LogP contribution in [0, 0.1) is 5.92 Å². The molecule has 3 amide bonds. The molecule has 2 aromatic rings. The molecule has 1 aromatic heterocycles. The molecule has 0 saturated carbocycles. The van der Waals surface area contributed by atoms with Gasteiger partial charge in [0.1, 0.15) is 0 Å². The number of amides is 3. The maximum atomic E-state index is 12.8. The molecule has 4 heterocycles. The molecule has 3 aliphatic rings. The highest BCUT2D eigenvalue weighted by atomic mass is 32.1. The zero-order valence-corrected chi connectivity index (χ0v) is 18.2. The molecule has 3 aliphatic heterocycles. The molecule has 1 aromatic carbocycles. The zero-order valence-electron chi connectivity index (χ0n) is 17.4. The van der Waals surface area contributed by atoms with Crippen LogP contribution in [0.4, 0.5) is 5.69 Å². The number of hydrogen-bond acceptors (Lipinski definition) is 8. The molecular formula is C21H23N5O5S. The summed E-state index contributed by atoms with van der Waals surface area (Å²) in [5, 5.41) is 10.8. The number of rotatable bonds is 4. The van der Waals surface area contributed by atoms with Gasteiger partial charge in [0.15, 0.2) is 11.5 Å². The number of nitrogens with one attached hydrogen (secondary N) is 1. The van der Waals surface area contributed by atoms with E-state index < -0.39 is 5.91 Å². The van der Waals surface area contributed by atoms with Gasteiger partial charge in [-0.1, -0.05) is 11.3 Å². The van der Waals surface area contributed by atoms with E-state index in [1.54, 1.807) is 23.1 Å². The lowest BCUT2D eigenvalue weighted by atomic mass is 9.95. The molecule has 11 heteroatoms. The smallest absolute Gasteiger partial charge is 0.286 e. The van der Waals surface area contributed by atoms with Crippen molar-refractivity contribution in [1.82, 2.24) is 20.0 Å². The Kier molecular flexibility index (Phi) is 5.64. The summed E-state index contributed by atoms with van der Waals surface area (Å²) in [6.45, 7) is 2.85. The highest BCUT2D eigenvalue weighted by molar-refractivity contribution is 7.15. The minimum absolute atomic E-state index is 0.0189. The fraction of sp³-hybridized carbons (Fsp3) is 0.476. The quantitative estimate of drug-likeness (QED) is 0.747. The summed E-state index contributed by atoms with van der Waals surface area (Å²) in [4.78, 5) is 41.6. The third-order valence-corrected chi connectivity index (χ3v) is 6.89. The number of carbonyl (C=O) groups is 3. The number of hydrogen-bond donors (Lipinski definition) is 1. The average Bonchev–Trinajstić information content (AvgIpc) is 3.59. The van der Waals surface area contributed by atoms with Gasteiger partial charge in [0.25, 0.3) is 11.8 Å². The van der Waals surface area contributed by atoms with Gasteiger partial charge in [-0.05, 0) is 37.8 Å². The first-order valence-electron chi connectivity index (χ1n) is 10.7. The molecule has 0 radical (unpaired) electrons. The van der Waals surface area contributed by atoms with Crippen molar-refractivity contribution in [1.29, 1.82) is 0 Å². The summed E-state index contributed by atoms with van der Waals surface area (Å²) in [5.41, 5.74) is 0.534. The Morgan fingerprint density at radius 3 is 2.44 bits per heavy atom. The fourth-order valence-electron chi connectivity index (χ4n) is 4.22. The molecule has 2 saturated heterocycles. The minimum Gasteiger partial charge on any atom is -0.454 e. The highest BCUT2D eigenvalue weighted by Crippen LogP contribution is 2.34. The largest absolute Gasteiger partial charge is 0.454 e. The molecule has 5 rings (SSSR count). The number of benzene rings is 1. The predicted molar refractivity (Wildman–Crippen MR) is 115 cm³/mol. The van der Waals surface area contributed by atoms with Gasteiger partial charge in [0.05, 0.1) is 0 Å². The van der Waals surface area contributed by atoms with Gasteiger partial charge in [-0.25, -0.2) is 0 Å². The van der Waals surface area contributed by atoms with E-state index in [1.165, 1.54) is 0 Å². The zero-order chi connectivity index (χ0) is 22.1. The molecule has 32 heavy (non-hydrogen) atoms. The Morgan fingerprint density at radius 2 is 1.66 bits per heavy atom. The first-order valence-corrected chi connectivity index (χ1v) is 11.5. The fourth-order valence-corrected chi connectivity index (χ4v) is 4.93. The summed E-state index contributed by atoms with van der Waals surface area (Å²) in [6, 6.07) is 5.08. The van der Waals surface area contributed by atoms with Crippen molar-refractivity contribution in [2.75, 3.05) is 38.3 Å². The summed E-state index contributed by atoms with van der Waals surface area (Å²) in [7, 11) is 0. The number of likely N-dealkylation sites (tertiary alicyclic amines) is 2. The SMILES string of the molecule is O=C(Nc1ccc2c(c1)OCO2)c1nnc(C(=O)N2CCC(C(=O)N3CCCC3)CC2)s1. The molecule has 10 nitrogen and oxygen atoms in total. The third-order valence-electron chi connectivity index (χ3n) is 5.98. The van der Waals surface area contributed by atoms with Crippen LogP contribution in [0.2, 0.25) is 0 Å². The molecule has 0 spiro atoms. The van der Waals surface area contributed by atoms with Crippen LogP contribution in [0.3, 0.4) is 0 Å².